The second-order valence-corrected chi connectivity index (χ2v) is 5.76. The molecule has 1 heterocycles. The fraction of sp³-hybridized carbons (Fsp3) is 0.923. The quantitative estimate of drug-likeness (QED) is 0.791. The Bertz CT molecular complexity index is 255. The largest absolute Gasteiger partial charge is 0.344 e. The van der Waals surface area contributed by atoms with Crippen molar-refractivity contribution < 1.29 is 4.79 Å². The van der Waals surface area contributed by atoms with Gasteiger partial charge in [0.2, 0.25) is 5.91 Å². The molecule has 100 valence electrons. The van der Waals surface area contributed by atoms with Gasteiger partial charge in [-0.2, -0.15) is 0 Å². The van der Waals surface area contributed by atoms with Gasteiger partial charge < -0.3 is 10.6 Å². The molecule has 0 aliphatic carbocycles. The van der Waals surface area contributed by atoms with Crippen LogP contribution in [0.3, 0.4) is 0 Å². The molecule has 2 atom stereocenters. The van der Waals surface area contributed by atoms with Crippen molar-refractivity contribution in [3.05, 3.63) is 0 Å². The molecule has 1 aliphatic heterocycles. The maximum Gasteiger partial charge on any atom is 0.239 e. The van der Waals surface area contributed by atoms with Gasteiger partial charge in [-0.05, 0) is 24.8 Å². The molecule has 0 bridgehead atoms. The number of amides is 1. The highest BCUT2D eigenvalue weighted by Crippen LogP contribution is 2.18. The van der Waals surface area contributed by atoms with E-state index in [9.17, 15) is 4.79 Å². The van der Waals surface area contributed by atoms with E-state index >= 15 is 0 Å². The molecule has 4 heteroatoms. The number of carbonyl (C=O) groups excluding carboxylic acids is 1. The van der Waals surface area contributed by atoms with Gasteiger partial charge in [0, 0.05) is 26.7 Å². The van der Waals surface area contributed by atoms with Gasteiger partial charge in [-0.15, -0.1) is 0 Å². The zero-order valence-electron chi connectivity index (χ0n) is 11.6. The molecule has 0 spiro atoms. The van der Waals surface area contributed by atoms with Crippen molar-refractivity contribution in [3.8, 4) is 0 Å². The standard InChI is InChI=1S/C13H27N3O/c1-10(2)7-16-9-11(3)8-15(4)13(17)12(16)5-6-14/h10-12H,5-9,14H2,1-4H3. The number of nitrogens with zero attached hydrogens (tertiary/aromatic N) is 2. The van der Waals surface area contributed by atoms with E-state index in [1.165, 1.54) is 0 Å². The van der Waals surface area contributed by atoms with Crippen LogP contribution in [-0.4, -0.2) is 55.0 Å². The lowest BCUT2D eigenvalue weighted by atomic mass is 10.1. The molecule has 1 amide bonds. The summed E-state index contributed by atoms with van der Waals surface area (Å²) in [5, 5.41) is 0. The van der Waals surface area contributed by atoms with E-state index in [-0.39, 0.29) is 11.9 Å². The van der Waals surface area contributed by atoms with Gasteiger partial charge in [0.1, 0.15) is 0 Å². The van der Waals surface area contributed by atoms with Gasteiger partial charge in [-0.1, -0.05) is 20.8 Å². The zero-order chi connectivity index (χ0) is 13.0. The number of hydrogen-bond donors (Lipinski definition) is 1. The lowest BCUT2D eigenvalue weighted by Gasteiger charge is -2.31. The van der Waals surface area contributed by atoms with Gasteiger partial charge in [0.15, 0.2) is 0 Å². The normalized spacial score (nSPS) is 27.6. The number of nitrogens with two attached hydrogens (primary N) is 1. The molecule has 0 radical (unpaired) electrons. The molecule has 2 N–H and O–H groups in total. The minimum atomic E-state index is -0.0163. The van der Waals surface area contributed by atoms with E-state index in [1.54, 1.807) is 0 Å². The minimum Gasteiger partial charge on any atom is -0.344 e. The van der Waals surface area contributed by atoms with E-state index in [4.69, 9.17) is 5.73 Å². The lowest BCUT2D eigenvalue weighted by Crippen LogP contribution is -2.47. The molecule has 0 aromatic heterocycles. The third-order valence-corrected chi connectivity index (χ3v) is 3.27. The van der Waals surface area contributed by atoms with Crippen molar-refractivity contribution in [3.63, 3.8) is 0 Å². The molecule has 1 saturated heterocycles. The van der Waals surface area contributed by atoms with Crippen LogP contribution < -0.4 is 5.73 Å². The Balaban J connectivity index is 2.83. The molecule has 2 unspecified atom stereocenters. The third kappa shape index (κ3) is 3.96. The third-order valence-electron chi connectivity index (χ3n) is 3.27. The van der Waals surface area contributed by atoms with Gasteiger partial charge >= 0.3 is 0 Å². The number of carbonyl (C=O) groups is 1. The first-order valence-corrected chi connectivity index (χ1v) is 6.64. The maximum absolute atomic E-state index is 12.3. The van der Waals surface area contributed by atoms with Crippen LogP contribution in [0.25, 0.3) is 0 Å². The van der Waals surface area contributed by atoms with Crippen LogP contribution in [0.1, 0.15) is 27.2 Å². The molecule has 17 heavy (non-hydrogen) atoms. The Kier molecular flexibility index (Phi) is 5.40. The van der Waals surface area contributed by atoms with E-state index in [0.717, 1.165) is 26.1 Å². The predicted octanol–water partition coefficient (Wildman–Crippen LogP) is 0.770. The SMILES string of the molecule is CC(C)CN1CC(C)CN(C)C(=O)C1CCN. The van der Waals surface area contributed by atoms with E-state index < -0.39 is 0 Å². The zero-order valence-corrected chi connectivity index (χ0v) is 11.6. The molecule has 0 aromatic rings. The second-order valence-electron chi connectivity index (χ2n) is 5.76. The van der Waals surface area contributed by atoms with Crippen LogP contribution in [0, 0.1) is 11.8 Å². The highest BCUT2D eigenvalue weighted by Gasteiger charge is 2.32. The van der Waals surface area contributed by atoms with Gasteiger partial charge in [0.25, 0.3) is 0 Å². The van der Waals surface area contributed by atoms with E-state index in [1.807, 2.05) is 11.9 Å². The lowest BCUT2D eigenvalue weighted by molar-refractivity contribution is -0.134. The van der Waals surface area contributed by atoms with Crippen LogP contribution in [-0.2, 0) is 4.79 Å². The van der Waals surface area contributed by atoms with Crippen molar-refractivity contribution in [1.29, 1.82) is 0 Å². The summed E-state index contributed by atoms with van der Waals surface area (Å²) in [6, 6.07) is -0.0163. The summed E-state index contributed by atoms with van der Waals surface area (Å²) in [4.78, 5) is 16.5. The highest BCUT2D eigenvalue weighted by atomic mass is 16.2. The summed E-state index contributed by atoms with van der Waals surface area (Å²) in [6.45, 7) is 10.0. The fourth-order valence-corrected chi connectivity index (χ4v) is 2.69. The van der Waals surface area contributed by atoms with Gasteiger partial charge in [-0.25, -0.2) is 0 Å². The Morgan fingerprint density at radius 1 is 1.41 bits per heavy atom. The van der Waals surface area contributed by atoms with Crippen molar-refractivity contribution in [1.82, 2.24) is 9.80 Å². The first-order valence-electron chi connectivity index (χ1n) is 6.64. The summed E-state index contributed by atoms with van der Waals surface area (Å²) < 4.78 is 0. The van der Waals surface area contributed by atoms with Crippen molar-refractivity contribution in [2.24, 2.45) is 17.6 Å². The molecule has 1 aliphatic rings. The molecular formula is C13H27N3O. The average molecular weight is 241 g/mol. The molecule has 0 saturated carbocycles. The van der Waals surface area contributed by atoms with Crippen LogP contribution in [0.5, 0.6) is 0 Å². The average Bonchev–Trinajstić information content (AvgIpc) is 2.30. The van der Waals surface area contributed by atoms with Crippen molar-refractivity contribution in [2.45, 2.75) is 33.2 Å². The van der Waals surface area contributed by atoms with E-state index in [0.29, 0.717) is 18.4 Å². The van der Waals surface area contributed by atoms with Crippen molar-refractivity contribution in [2.75, 3.05) is 33.2 Å². The summed E-state index contributed by atoms with van der Waals surface area (Å²) in [5.74, 6) is 1.35. The predicted molar refractivity (Wildman–Crippen MR) is 70.7 cm³/mol. The summed E-state index contributed by atoms with van der Waals surface area (Å²) in [5.41, 5.74) is 5.65. The van der Waals surface area contributed by atoms with Crippen LogP contribution in [0.15, 0.2) is 0 Å². The van der Waals surface area contributed by atoms with E-state index in [2.05, 4.69) is 25.7 Å². The summed E-state index contributed by atoms with van der Waals surface area (Å²) in [6.07, 6.45) is 0.766. The molecular weight excluding hydrogens is 214 g/mol. The van der Waals surface area contributed by atoms with Crippen LogP contribution in [0.2, 0.25) is 0 Å². The Hall–Kier alpha value is -0.610. The first-order chi connectivity index (χ1) is 7.95. The van der Waals surface area contributed by atoms with Gasteiger partial charge in [0.05, 0.1) is 6.04 Å². The fourth-order valence-electron chi connectivity index (χ4n) is 2.69. The Labute approximate surface area is 105 Å². The maximum atomic E-state index is 12.3. The topological polar surface area (TPSA) is 49.6 Å². The van der Waals surface area contributed by atoms with Crippen molar-refractivity contribution >= 4 is 5.91 Å². The molecule has 1 rings (SSSR count). The molecule has 0 aromatic carbocycles. The molecule has 1 fully saturated rings. The second kappa shape index (κ2) is 6.36. The first kappa shape index (κ1) is 14.5. The Morgan fingerprint density at radius 3 is 2.59 bits per heavy atom. The smallest absolute Gasteiger partial charge is 0.239 e. The van der Waals surface area contributed by atoms with Crippen LogP contribution in [0.4, 0.5) is 0 Å². The number of likely N-dealkylation sites (N-methyl/N-ethyl adjacent to an activating group) is 1. The van der Waals surface area contributed by atoms with Gasteiger partial charge in [-0.3, -0.25) is 9.69 Å². The number of rotatable bonds is 4. The summed E-state index contributed by atoms with van der Waals surface area (Å²) in [7, 11) is 1.90. The molecule has 4 nitrogen and oxygen atoms in total. The van der Waals surface area contributed by atoms with Crippen LogP contribution >= 0.6 is 0 Å². The summed E-state index contributed by atoms with van der Waals surface area (Å²) >= 11 is 0. The number of hydrogen-bond acceptors (Lipinski definition) is 3. The highest BCUT2D eigenvalue weighted by molar-refractivity contribution is 5.82. The minimum absolute atomic E-state index is 0.0163. The Morgan fingerprint density at radius 2 is 2.06 bits per heavy atom. The monoisotopic (exact) mass is 241 g/mol.